The quantitative estimate of drug-likeness (QED) is 0.238. The van der Waals surface area contributed by atoms with E-state index in [2.05, 4.69) is 17.2 Å². The maximum Gasteiger partial charge on any atom is 0.338 e. The molecule has 0 aliphatic rings. The van der Waals surface area contributed by atoms with Crippen molar-refractivity contribution in [3.8, 4) is 5.75 Å². The number of carbonyl (C=O) groups excluding carboxylic acids is 2. The lowest BCUT2D eigenvalue weighted by atomic mass is 10.1. The topological polar surface area (TPSA) is 80.8 Å². The average molecular weight is 492 g/mol. The van der Waals surface area contributed by atoms with Crippen LogP contribution in [-0.2, 0) is 11.3 Å². The van der Waals surface area contributed by atoms with Crippen molar-refractivity contribution in [1.29, 1.82) is 0 Å². The first-order valence-corrected chi connectivity index (χ1v) is 11.9. The van der Waals surface area contributed by atoms with Crippen LogP contribution < -0.4 is 15.0 Å². The van der Waals surface area contributed by atoms with Crippen molar-refractivity contribution >= 4 is 34.9 Å². The fourth-order valence-electron chi connectivity index (χ4n) is 3.24. The number of hydrogen-bond donors (Lipinski definition) is 1. The van der Waals surface area contributed by atoms with Gasteiger partial charge < -0.3 is 14.4 Å². The molecule has 1 heterocycles. The number of amides is 1. The third-order valence-corrected chi connectivity index (χ3v) is 5.40. The summed E-state index contributed by atoms with van der Waals surface area (Å²) in [6.45, 7) is 5.13. The van der Waals surface area contributed by atoms with Gasteiger partial charge >= 0.3 is 5.97 Å². The molecule has 0 unspecified atom stereocenters. The van der Waals surface area contributed by atoms with Crippen molar-refractivity contribution in [3.63, 3.8) is 0 Å². The number of carbonyl (C=O) groups is 2. The first kappa shape index (κ1) is 25.8. The van der Waals surface area contributed by atoms with Gasteiger partial charge in [-0.25, -0.2) is 4.79 Å². The van der Waals surface area contributed by atoms with Gasteiger partial charge in [-0.1, -0.05) is 25.5 Å². The Bertz CT molecular complexity index is 1140. The molecule has 7 nitrogen and oxygen atoms in total. The maximum absolute atomic E-state index is 13.0. The van der Waals surface area contributed by atoms with Crippen LogP contribution >= 0.6 is 12.2 Å². The molecule has 3 rings (SSSR count). The van der Waals surface area contributed by atoms with E-state index in [1.165, 1.54) is 0 Å². The van der Waals surface area contributed by atoms with Gasteiger partial charge in [0.1, 0.15) is 5.75 Å². The number of ether oxygens (including phenoxy) is 2. The molecule has 8 heteroatoms. The number of nitrogens with zero attached hydrogens (tertiary/aromatic N) is 2. The highest BCUT2D eigenvalue weighted by molar-refractivity contribution is 7.80. The molecule has 0 atom stereocenters. The summed E-state index contributed by atoms with van der Waals surface area (Å²) in [5.74, 6) is -0.0937. The summed E-state index contributed by atoms with van der Waals surface area (Å²) in [5, 5.41) is 3.04. The second kappa shape index (κ2) is 13.2. The number of rotatable bonds is 10. The van der Waals surface area contributed by atoms with Gasteiger partial charge in [0, 0.05) is 23.6 Å². The first-order valence-electron chi connectivity index (χ1n) is 11.5. The van der Waals surface area contributed by atoms with E-state index in [9.17, 15) is 9.59 Å². The summed E-state index contributed by atoms with van der Waals surface area (Å²) in [6, 6.07) is 17.7. The molecule has 0 aliphatic heterocycles. The molecule has 0 spiro atoms. The lowest BCUT2D eigenvalue weighted by Crippen LogP contribution is -2.42. The van der Waals surface area contributed by atoms with Gasteiger partial charge in [0.2, 0.25) is 0 Å². The van der Waals surface area contributed by atoms with Crippen LogP contribution in [0, 0.1) is 0 Å². The van der Waals surface area contributed by atoms with Gasteiger partial charge in [0.05, 0.1) is 25.3 Å². The Kier molecular flexibility index (Phi) is 9.74. The van der Waals surface area contributed by atoms with E-state index in [4.69, 9.17) is 21.7 Å². The van der Waals surface area contributed by atoms with Crippen molar-refractivity contribution < 1.29 is 19.1 Å². The van der Waals surface area contributed by atoms with Crippen molar-refractivity contribution in [1.82, 2.24) is 10.3 Å². The highest BCUT2D eigenvalue weighted by Crippen LogP contribution is 2.20. The Morgan fingerprint density at radius 1 is 1.03 bits per heavy atom. The predicted octanol–water partition coefficient (Wildman–Crippen LogP) is 5.16. The second-order valence-electron chi connectivity index (χ2n) is 7.70. The highest BCUT2D eigenvalue weighted by Gasteiger charge is 2.18. The molecule has 0 saturated heterocycles. The minimum absolute atomic E-state index is 0.222. The lowest BCUT2D eigenvalue weighted by molar-refractivity contribution is 0.0526. The van der Waals surface area contributed by atoms with E-state index in [0.717, 1.165) is 18.4 Å². The van der Waals surface area contributed by atoms with E-state index in [0.29, 0.717) is 42.3 Å². The summed E-state index contributed by atoms with van der Waals surface area (Å²) < 4.78 is 10.8. The molecule has 35 heavy (non-hydrogen) atoms. The van der Waals surface area contributed by atoms with Crippen LogP contribution in [0.25, 0.3) is 0 Å². The molecule has 2 aromatic carbocycles. The normalized spacial score (nSPS) is 10.3. The predicted molar refractivity (Wildman–Crippen MR) is 140 cm³/mol. The number of anilines is 1. The fraction of sp³-hybridized carbons (Fsp3) is 0.259. The standard InChI is InChI=1S/C27H29N3O4S/c1-3-5-16-34-24-10-6-9-22(17-24)25(31)29-27(35)30(19-20-8-7-15-28-18-20)23-13-11-21(12-14-23)26(32)33-4-2/h6-15,17-18H,3-5,16,19H2,1-2H3,(H,29,31,35). The highest BCUT2D eigenvalue weighted by atomic mass is 32.1. The average Bonchev–Trinajstić information content (AvgIpc) is 2.88. The Morgan fingerprint density at radius 3 is 2.51 bits per heavy atom. The molecule has 0 bridgehead atoms. The molecular weight excluding hydrogens is 462 g/mol. The molecule has 1 amide bonds. The molecular formula is C27H29N3O4S. The molecule has 182 valence electrons. The molecule has 0 fully saturated rings. The zero-order valence-corrected chi connectivity index (χ0v) is 20.7. The number of nitrogens with one attached hydrogen (secondary N) is 1. The zero-order valence-electron chi connectivity index (χ0n) is 19.9. The Labute approximate surface area is 211 Å². The Hall–Kier alpha value is -3.78. The molecule has 0 aliphatic carbocycles. The summed E-state index contributed by atoms with van der Waals surface area (Å²) in [4.78, 5) is 31.0. The largest absolute Gasteiger partial charge is 0.494 e. The monoisotopic (exact) mass is 491 g/mol. The van der Waals surface area contributed by atoms with Crippen LogP contribution in [-0.4, -0.2) is 35.2 Å². The van der Waals surface area contributed by atoms with Gasteiger partial charge in [-0.2, -0.15) is 0 Å². The van der Waals surface area contributed by atoms with Crippen LogP contribution in [0.2, 0.25) is 0 Å². The number of esters is 1. The smallest absolute Gasteiger partial charge is 0.338 e. The number of benzene rings is 2. The van der Waals surface area contributed by atoms with Crippen LogP contribution in [0.15, 0.2) is 73.1 Å². The second-order valence-corrected chi connectivity index (χ2v) is 8.09. The molecule has 0 saturated carbocycles. The number of aromatic nitrogens is 1. The van der Waals surface area contributed by atoms with Crippen molar-refractivity contribution in [2.45, 2.75) is 33.2 Å². The van der Waals surface area contributed by atoms with E-state index in [-0.39, 0.29) is 11.0 Å². The maximum atomic E-state index is 13.0. The zero-order chi connectivity index (χ0) is 25.0. The van der Waals surface area contributed by atoms with Gasteiger partial charge in [0.25, 0.3) is 5.91 Å². The van der Waals surface area contributed by atoms with Crippen molar-refractivity contribution in [2.24, 2.45) is 0 Å². The van der Waals surface area contributed by atoms with Gasteiger partial charge in [-0.15, -0.1) is 0 Å². The van der Waals surface area contributed by atoms with Crippen molar-refractivity contribution in [3.05, 3.63) is 89.7 Å². The minimum Gasteiger partial charge on any atom is -0.494 e. The number of thiocarbonyl (C=S) groups is 1. The van der Waals surface area contributed by atoms with Crippen LogP contribution in [0.4, 0.5) is 5.69 Å². The number of pyridine rings is 1. The van der Waals surface area contributed by atoms with E-state index in [1.54, 1.807) is 66.7 Å². The van der Waals surface area contributed by atoms with Gasteiger partial charge in [-0.05, 0) is 79.7 Å². The van der Waals surface area contributed by atoms with Crippen LogP contribution in [0.1, 0.15) is 53.0 Å². The summed E-state index contributed by atoms with van der Waals surface area (Å²) >= 11 is 5.63. The SMILES string of the molecule is CCCCOc1cccc(C(=O)NC(=S)N(Cc2cccnc2)c2ccc(C(=O)OCC)cc2)c1. The van der Waals surface area contributed by atoms with Gasteiger partial charge in [-0.3, -0.25) is 15.1 Å². The molecule has 1 aromatic heterocycles. The number of hydrogen-bond acceptors (Lipinski definition) is 6. The third-order valence-electron chi connectivity index (χ3n) is 5.08. The molecule has 0 radical (unpaired) electrons. The Morgan fingerprint density at radius 2 is 1.83 bits per heavy atom. The molecule has 3 aromatic rings. The summed E-state index contributed by atoms with van der Waals surface area (Å²) in [5.41, 5.74) is 2.50. The van der Waals surface area contributed by atoms with Crippen LogP contribution in [0.5, 0.6) is 5.75 Å². The molecule has 1 N–H and O–H groups in total. The van der Waals surface area contributed by atoms with E-state index < -0.39 is 5.97 Å². The van der Waals surface area contributed by atoms with E-state index in [1.807, 2.05) is 18.2 Å². The van der Waals surface area contributed by atoms with Crippen LogP contribution in [0.3, 0.4) is 0 Å². The number of unbranched alkanes of at least 4 members (excludes halogenated alkanes) is 1. The van der Waals surface area contributed by atoms with Gasteiger partial charge in [0.15, 0.2) is 5.11 Å². The summed E-state index contributed by atoms with van der Waals surface area (Å²) in [7, 11) is 0. The van der Waals surface area contributed by atoms with E-state index >= 15 is 0 Å². The minimum atomic E-state index is -0.394. The Balaban J connectivity index is 1.78. The fourth-order valence-corrected chi connectivity index (χ4v) is 3.51. The summed E-state index contributed by atoms with van der Waals surface area (Å²) in [6.07, 6.45) is 5.40. The lowest BCUT2D eigenvalue weighted by Gasteiger charge is -2.26. The van der Waals surface area contributed by atoms with Crippen molar-refractivity contribution in [2.75, 3.05) is 18.1 Å². The third kappa shape index (κ3) is 7.61. The first-order chi connectivity index (χ1) is 17.0.